The number of amides is 2. The lowest BCUT2D eigenvalue weighted by molar-refractivity contribution is 0.172. The van der Waals surface area contributed by atoms with Crippen LogP contribution in [-0.4, -0.2) is 36.2 Å². The average Bonchev–Trinajstić information content (AvgIpc) is 2.89. The molecule has 3 aromatic carbocycles. The molecule has 9 heteroatoms. The van der Waals surface area contributed by atoms with Crippen LogP contribution in [0.4, 0.5) is 10.5 Å². The molecule has 0 spiro atoms. The van der Waals surface area contributed by atoms with Gasteiger partial charge in [0.1, 0.15) is 19.0 Å². The fraction of sp³-hybridized carbons (Fsp3) is 0.185. The van der Waals surface area contributed by atoms with Crippen LogP contribution in [0.15, 0.2) is 71.5 Å². The molecular weight excluding hydrogens is 482 g/mol. The van der Waals surface area contributed by atoms with Crippen LogP contribution in [-0.2, 0) is 13.1 Å². The Hall–Kier alpha value is -4.17. The van der Waals surface area contributed by atoms with Crippen LogP contribution in [0.25, 0.3) is 10.9 Å². The summed E-state index contributed by atoms with van der Waals surface area (Å²) in [5, 5.41) is 4.06. The Balaban J connectivity index is 1.46. The highest BCUT2D eigenvalue weighted by Gasteiger charge is 2.19. The fourth-order valence-corrected chi connectivity index (χ4v) is 4.20. The van der Waals surface area contributed by atoms with E-state index in [1.807, 2.05) is 30.3 Å². The number of methoxy groups -OCH3 is 1. The molecule has 0 fully saturated rings. The van der Waals surface area contributed by atoms with Crippen molar-refractivity contribution in [3.63, 3.8) is 0 Å². The van der Waals surface area contributed by atoms with Gasteiger partial charge >= 0.3 is 6.03 Å². The number of benzene rings is 3. The Morgan fingerprint density at radius 1 is 1.03 bits per heavy atom. The minimum absolute atomic E-state index is 0.0715. The van der Waals surface area contributed by atoms with Crippen molar-refractivity contribution >= 4 is 34.2 Å². The Bertz CT molecular complexity index is 1470. The monoisotopic (exact) mass is 505 g/mol. The van der Waals surface area contributed by atoms with Gasteiger partial charge in [-0.1, -0.05) is 35.9 Å². The summed E-state index contributed by atoms with van der Waals surface area (Å²) in [4.78, 5) is 30.8. The number of H-pyrrole nitrogens is 1. The van der Waals surface area contributed by atoms with Gasteiger partial charge in [-0.15, -0.1) is 0 Å². The van der Waals surface area contributed by atoms with Crippen LogP contribution >= 0.6 is 11.6 Å². The number of para-hydroxylation sites is 1. The smallest absolute Gasteiger partial charge is 0.322 e. The number of nitrogens with zero attached hydrogens (tertiary/aromatic N) is 1. The van der Waals surface area contributed by atoms with E-state index in [2.05, 4.69) is 10.3 Å². The molecule has 8 nitrogen and oxygen atoms in total. The number of pyridine rings is 1. The molecule has 0 radical (unpaired) electrons. The fourth-order valence-electron chi connectivity index (χ4n) is 4.02. The number of aromatic amines is 1. The minimum Gasteiger partial charge on any atom is -0.497 e. The van der Waals surface area contributed by atoms with Crippen molar-refractivity contribution in [2.75, 3.05) is 25.6 Å². The average molecular weight is 506 g/mol. The molecule has 2 N–H and O–H groups in total. The highest BCUT2D eigenvalue weighted by atomic mass is 35.5. The Labute approximate surface area is 212 Å². The first kappa shape index (κ1) is 23.6. The molecule has 0 bridgehead atoms. The van der Waals surface area contributed by atoms with Crippen molar-refractivity contribution in [2.45, 2.75) is 13.1 Å². The molecule has 4 aromatic rings. The van der Waals surface area contributed by atoms with Gasteiger partial charge in [-0.3, -0.25) is 4.79 Å². The number of anilines is 1. The summed E-state index contributed by atoms with van der Waals surface area (Å²) in [5.41, 5.74) is 2.14. The first-order valence-corrected chi connectivity index (χ1v) is 11.8. The standard InChI is InChI=1S/C27H24ClN3O5/c1-34-20-8-6-17(7-9-20)15-31(27(33)30-22-5-3-2-4-21(22)28)16-19-12-18-13-24-25(36-11-10-35-24)14-23(18)29-26(19)32/h2-9,12-14H,10-11,15-16H2,1H3,(H,29,32)(H,30,33). The number of rotatable bonds is 6. The number of hydrogen-bond acceptors (Lipinski definition) is 5. The third kappa shape index (κ3) is 5.08. The molecule has 1 aliphatic heterocycles. The maximum Gasteiger partial charge on any atom is 0.322 e. The normalized spacial score (nSPS) is 12.3. The number of halogens is 1. The number of carbonyl (C=O) groups excluding carboxylic acids is 1. The first-order chi connectivity index (χ1) is 17.5. The number of aromatic nitrogens is 1. The molecule has 184 valence electrons. The lowest BCUT2D eigenvalue weighted by Gasteiger charge is -2.24. The molecule has 0 aliphatic carbocycles. The summed E-state index contributed by atoms with van der Waals surface area (Å²) in [7, 11) is 1.60. The first-order valence-electron chi connectivity index (χ1n) is 11.4. The largest absolute Gasteiger partial charge is 0.497 e. The van der Waals surface area contributed by atoms with Gasteiger partial charge in [0.05, 0.1) is 29.9 Å². The van der Waals surface area contributed by atoms with Gasteiger partial charge in [0, 0.05) is 23.6 Å². The summed E-state index contributed by atoms with van der Waals surface area (Å²) in [5.74, 6) is 1.93. The van der Waals surface area contributed by atoms with E-state index in [0.717, 1.165) is 10.9 Å². The van der Waals surface area contributed by atoms with Crippen LogP contribution in [0.1, 0.15) is 11.1 Å². The molecule has 1 aromatic heterocycles. The van der Waals surface area contributed by atoms with E-state index in [1.165, 1.54) is 0 Å². The molecule has 0 atom stereocenters. The van der Waals surface area contributed by atoms with Gasteiger partial charge in [0.2, 0.25) is 0 Å². The van der Waals surface area contributed by atoms with Gasteiger partial charge in [-0.2, -0.15) is 0 Å². The van der Waals surface area contributed by atoms with E-state index in [1.54, 1.807) is 48.4 Å². The van der Waals surface area contributed by atoms with E-state index in [0.29, 0.717) is 52.3 Å². The van der Waals surface area contributed by atoms with Crippen molar-refractivity contribution in [1.29, 1.82) is 0 Å². The quantitative estimate of drug-likeness (QED) is 0.376. The number of nitrogens with one attached hydrogen (secondary N) is 2. The zero-order valence-electron chi connectivity index (χ0n) is 19.5. The number of fused-ring (bicyclic) bond motifs is 2. The van der Waals surface area contributed by atoms with Gasteiger partial charge in [-0.25, -0.2) is 4.79 Å². The molecule has 36 heavy (non-hydrogen) atoms. The zero-order chi connectivity index (χ0) is 25.1. The molecule has 2 amide bonds. The SMILES string of the molecule is COc1ccc(CN(Cc2cc3cc4c(cc3[nH]c2=O)OCCO4)C(=O)Nc2ccccc2Cl)cc1. The summed E-state index contributed by atoms with van der Waals surface area (Å²) in [6.45, 7) is 1.26. The van der Waals surface area contributed by atoms with E-state index in [-0.39, 0.29) is 24.7 Å². The lowest BCUT2D eigenvalue weighted by Crippen LogP contribution is -2.35. The van der Waals surface area contributed by atoms with Crippen molar-refractivity contribution < 1.29 is 19.0 Å². The Kier molecular flexibility index (Phi) is 6.69. The lowest BCUT2D eigenvalue weighted by atomic mass is 10.1. The Morgan fingerprint density at radius 2 is 1.75 bits per heavy atom. The molecule has 0 saturated heterocycles. The molecule has 0 unspecified atom stereocenters. The Morgan fingerprint density at radius 3 is 2.47 bits per heavy atom. The predicted molar refractivity (Wildman–Crippen MR) is 138 cm³/mol. The van der Waals surface area contributed by atoms with Crippen molar-refractivity contribution in [3.05, 3.63) is 93.2 Å². The highest BCUT2D eigenvalue weighted by Crippen LogP contribution is 2.33. The van der Waals surface area contributed by atoms with E-state index in [9.17, 15) is 9.59 Å². The number of urea groups is 1. The topological polar surface area (TPSA) is 92.9 Å². The highest BCUT2D eigenvalue weighted by molar-refractivity contribution is 6.33. The van der Waals surface area contributed by atoms with Gasteiger partial charge < -0.3 is 29.4 Å². The van der Waals surface area contributed by atoms with Gasteiger partial charge in [0.15, 0.2) is 11.5 Å². The third-order valence-electron chi connectivity index (χ3n) is 5.88. The molecule has 0 saturated carbocycles. The molecule has 2 heterocycles. The van der Waals surface area contributed by atoms with Gasteiger partial charge in [-0.05, 0) is 42.0 Å². The second-order valence-electron chi connectivity index (χ2n) is 8.32. The van der Waals surface area contributed by atoms with Crippen molar-refractivity contribution in [2.24, 2.45) is 0 Å². The summed E-state index contributed by atoms with van der Waals surface area (Å²) in [6, 6.07) is 19.4. The maximum absolute atomic E-state index is 13.3. The third-order valence-corrected chi connectivity index (χ3v) is 6.21. The summed E-state index contributed by atoms with van der Waals surface area (Å²) >= 11 is 6.25. The second kappa shape index (κ2) is 10.2. The van der Waals surface area contributed by atoms with E-state index in [4.69, 9.17) is 25.8 Å². The maximum atomic E-state index is 13.3. The number of carbonyl (C=O) groups is 1. The van der Waals surface area contributed by atoms with Crippen LogP contribution in [0.3, 0.4) is 0 Å². The number of hydrogen-bond donors (Lipinski definition) is 2. The van der Waals surface area contributed by atoms with E-state index < -0.39 is 0 Å². The molecular formula is C27H24ClN3O5. The van der Waals surface area contributed by atoms with Crippen LogP contribution in [0.5, 0.6) is 17.2 Å². The predicted octanol–water partition coefficient (Wildman–Crippen LogP) is 5.20. The van der Waals surface area contributed by atoms with Gasteiger partial charge in [0.25, 0.3) is 5.56 Å². The summed E-state index contributed by atoms with van der Waals surface area (Å²) in [6.07, 6.45) is 0. The van der Waals surface area contributed by atoms with Crippen LogP contribution in [0, 0.1) is 0 Å². The van der Waals surface area contributed by atoms with Crippen molar-refractivity contribution in [3.8, 4) is 17.2 Å². The summed E-state index contributed by atoms with van der Waals surface area (Å²) < 4.78 is 16.5. The molecule has 1 aliphatic rings. The van der Waals surface area contributed by atoms with Crippen molar-refractivity contribution in [1.82, 2.24) is 9.88 Å². The zero-order valence-corrected chi connectivity index (χ0v) is 20.3. The van der Waals surface area contributed by atoms with E-state index >= 15 is 0 Å². The molecule has 5 rings (SSSR count). The minimum atomic E-state index is -0.388. The number of ether oxygens (including phenoxy) is 3. The second-order valence-corrected chi connectivity index (χ2v) is 8.73. The van der Waals surface area contributed by atoms with Crippen LogP contribution in [0.2, 0.25) is 5.02 Å². The van der Waals surface area contributed by atoms with Crippen LogP contribution < -0.4 is 25.1 Å².